The summed E-state index contributed by atoms with van der Waals surface area (Å²) in [4.78, 5) is 34.7. The molecule has 0 N–H and O–H groups in total. The summed E-state index contributed by atoms with van der Waals surface area (Å²) < 4.78 is 0. The molecule has 0 aliphatic carbocycles. The van der Waals surface area contributed by atoms with E-state index in [1.165, 1.54) is 0 Å². The summed E-state index contributed by atoms with van der Waals surface area (Å²) in [6.45, 7) is 4.92. The molecule has 0 radical (unpaired) electrons. The summed E-state index contributed by atoms with van der Waals surface area (Å²) in [6.07, 6.45) is 7.10. The Morgan fingerprint density at radius 3 is 2.96 bits per heavy atom. The first-order valence-corrected chi connectivity index (χ1v) is 10.4. The maximum Gasteiger partial charge on any atom is 0.254 e. The average molecular weight is 384 g/mol. The number of rotatable bonds is 3. The smallest absolute Gasteiger partial charge is 0.254 e. The van der Waals surface area contributed by atoms with Crippen molar-refractivity contribution in [3.8, 4) is 0 Å². The lowest BCUT2D eigenvalue weighted by atomic mass is 9.73. The second-order valence-corrected chi connectivity index (χ2v) is 9.00. The Kier molecular flexibility index (Phi) is 5.00. The van der Waals surface area contributed by atoms with Crippen LogP contribution in [0.25, 0.3) is 0 Å². The molecular weight excluding hydrogens is 358 g/mol. The van der Waals surface area contributed by atoms with Crippen molar-refractivity contribution in [2.24, 2.45) is 5.41 Å². The zero-order chi connectivity index (χ0) is 18.9. The van der Waals surface area contributed by atoms with Gasteiger partial charge in [-0.1, -0.05) is 6.07 Å². The van der Waals surface area contributed by atoms with E-state index in [1.807, 2.05) is 46.5 Å². The van der Waals surface area contributed by atoms with Crippen LogP contribution in [0.2, 0.25) is 0 Å². The van der Waals surface area contributed by atoms with Crippen LogP contribution < -0.4 is 0 Å². The van der Waals surface area contributed by atoms with Gasteiger partial charge in [0.05, 0.1) is 5.56 Å². The second-order valence-electron chi connectivity index (χ2n) is 7.89. The van der Waals surface area contributed by atoms with Crippen LogP contribution >= 0.6 is 11.3 Å². The van der Waals surface area contributed by atoms with Crippen LogP contribution in [0.3, 0.4) is 0 Å². The van der Waals surface area contributed by atoms with Gasteiger partial charge in [-0.05, 0) is 43.9 Å². The van der Waals surface area contributed by atoms with Crippen LogP contribution in [-0.2, 0) is 11.3 Å². The van der Waals surface area contributed by atoms with Gasteiger partial charge in [-0.25, -0.2) is 0 Å². The number of likely N-dealkylation sites (tertiary alicyclic amines) is 2. The third kappa shape index (κ3) is 3.90. The third-order valence-corrected chi connectivity index (χ3v) is 6.63. The van der Waals surface area contributed by atoms with Crippen LogP contribution in [0.5, 0.6) is 0 Å². The number of amides is 2. The lowest BCUT2D eigenvalue weighted by molar-refractivity contribution is -0.139. The fourth-order valence-electron chi connectivity index (χ4n) is 4.41. The number of hydrogen-bond acceptors (Lipinski definition) is 4. The van der Waals surface area contributed by atoms with E-state index < -0.39 is 0 Å². The van der Waals surface area contributed by atoms with Gasteiger partial charge < -0.3 is 9.80 Å². The molecule has 1 atom stereocenters. The summed E-state index contributed by atoms with van der Waals surface area (Å²) in [5, 5.41) is 1.96. The van der Waals surface area contributed by atoms with Gasteiger partial charge in [0.15, 0.2) is 0 Å². The van der Waals surface area contributed by atoms with E-state index >= 15 is 0 Å². The lowest BCUT2D eigenvalue weighted by Crippen LogP contribution is -2.54. The molecule has 0 bridgehead atoms. The minimum absolute atomic E-state index is 0.0229. The first kappa shape index (κ1) is 18.2. The number of hydrogen-bond donors (Lipinski definition) is 0. The number of thiophene rings is 1. The SMILES string of the molecule is Cc1cc(C(=O)N2CCC[C@]3(CCC(=O)N(Cc4cccnc4)C3)C2)cs1. The number of aryl methyl sites for hydroxylation is 1. The molecule has 2 saturated heterocycles. The molecule has 2 aromatic rings. The molecule has 6 heteroatoms. The van der Waals surface area contributed by atoms with Gasteiger partial charge in [-0.2, -0.15) is 0 Å². The van der Waals surface area contributed by atoms with Gasteiger partial charge >= 0.3 is 0 Å². The summed E-state index contributed by atoms with van der Waals surface area (Å²) >= 11 is 1.62. The van der Waals surface area contributed by atoms with Crippen molar-refractivity contribution < 1.29 is 9.59 Å². The number of piperidine rings is 2. The number of carbonyl (C=O) groups excluding carboxylic acids is 2. The van der Waals surface area contributed by atoms with Crippen LogP contribution in [0.4, 0.5) is 0 Å². The predicted molar refractivity (Wildman–Crippen MR) is 106 cm³/mol. The van der Waals surface area contributed by atoms with E-state index in [0.29, 0.717) is 13.0 Å². The van der Waals surface area contributed by atoms with Crippen molar-refractivity contribution in [2.45, 2.75) is 39.2 Å². The molecule has 5 nitrogen and oxygen atoms in total. The normalized spacial score (nSPS) is 23.1. The minimum atomic E-state index is 0.0229. The Balaban J connectivity index is 1.48. The molecule has 27 heavy (non-hydrogen) atoms. The van der Waals surface area contributed by atoms with Crippen molar-refractivity contribution in [3.63, 3.8) is 0 Å². The topological polar surface area (TPSA) is 53.5 Å². The van der Waals surface area contributed by atoms with Crippen molar-refractivity contribution >= 4 is 23.2 Å². The number of carbonyl (C=O) groups is 2. The molecule has 2 aliphatic rings. The molecule has 0 unspecified atom stereocenters. The number of aromatic nitrogens is 1. The second kappa shape index (κ2) is 7.43. The van der Waals surface area contributed by atoms with Crippen molar-refractivity contribution in [1.82, 2.24) is 14.8 Å². The molecule has 1 spiro atoms. The Morgan fingerprint density at radius 2 is 2.22 bits per heavy atom. The summed E-state index contributed by atoms with van der Waals surface area (Å²) in [5.41, 5.74) is 1.88. The number of pyridine rings is 1. The highest BCUT2D eigenvalue weighted by Gasteiger charge is 2.42. The molecule has 0 saturated carbocycles. The van der Waals surface area contributed by atoms with Crippen LogP contribution in [-0.4, -0.2) is 46.2 Å². The number of nitrogens with zero attached hydrogens (tertiary/aromatic N) is 3. The van der Waals surface area contributed by atoms with Crippen LogP contribution in [0.1, 0.15) is 46.5 Å². The van der Waals surface area contributed by atoms with Crippen LogP contribution in [0.15, 0.2) is 36.0 Å². The van der Waals surface area contributed by atoms with E-state index in [-0.39, 0.29) is 17.2 Å². The van der Waals surface area contributed by atoms with E-state index in [1.54, 1.807) is 17.5 Å². The fraction of sp³-hybridized carbons (Fsp3) is 0.476. The Bertz CT molecular complexity index is 835. The summed E-state index contributed by atoms with van der Waals surface area (Å²) in [7, 11) is 0. The molecular formula is C21H25N3O2S. The zero-order valence-electron chi connectivity index (χ0n) is 15.7. The minimum Gasteiger partial charge on any atom is -0.338 e. The monoisotopic (exact) mass is 383 g/mol. The van der Waals surface area contributed by atoms with Gasteiger partial charge in [-0.15, -0.1) is 11.3 Å². The highest BCUT2D eigenvalue weighted by atomic mass is 32.1. The molecule has 0 aromatic carbocycles. The Labute approximate surface area is 164 Å². The Morgan fingerprint density at radius 1 is 1.33 bits per heavy atom. The standard InChI is InChI=1S/C21H25N3O2S/c1-16-10-18(13-27-16)20(26)23-9-3-6-21(14-23)7-5-19(25)24(15-21)12-17-4-2-8-22-11-17/h2,4,8,10-11,13H,3,5-7,9,12,14-15H2,1H3/t21-/m0/s1. The van der Waals surface area contributed by atoms with Gasteiger partial charge in [0.2, 0.25) is 5.91 Å². The molecule has 2 aromatic heterocycles. The maximum atomic E-state index is 12.9. The van der Waals surface area contributed by atoms with Crippen molar-refractivity contribution in [1.29, 1.82) is 0 Å². The van der Waals surface area contributed by atoms with Crippen molar-refractivity contribution in [3.05, 3.63) is 52.0 Å². The fourth-order valence-corrected chi connectivity index (χ4v) is 5.09. The molecule has 2 amide bonds. The average Bonchev–Trinajstić information content (AvgIpc) is 3.12. The summed E-state index contributed by atoms with van der Waals surface area (Å²) in [6, 6.07) is 5.90. The highest BCUT2D eigenvalue weighted by molar-refractivity contribution is 7.10. The quantitative estimate of drug-likeness (QED) is 0.815. The van der Waals surface area contributed by atoms with Gasteiger partial charge in [0.1, 0.15) is 0 Å². The Hall–Kier alpha value is -2.21. The van der Waals surface area contributed by atoms with E-state index in [4.69, 9.17) is 0 Å². The van der Waals surface area contributed by atoms with E-state index in [9.17, 15) is 9.59 Å². The van der Waals surface area contributed by atoms with Crippen LogP contribution in [0, 0.1) is 12.3 Å². The van der Waals surface area contributed by atoms with E-state index in [0.717, 1.165) is 54.9 Å². The molecule has 142 valence electrons. The zero-order valence-corrected chi connectivity index (χ0v) is 16.5. The first-order valence-electron chi connectivity index (χ1n) is 9.56. The lowest BCUT2D eigenvalue weighted by Gasteiger charge is -2.48. The first-order chi connectivity index (χ1) is 13.0. The third-order valence-electron chi connectivity index (χ3n) is 5.77. The molecule has 2 fully saturated rings. The largest absolute Gasteiger partial charge is 0.338 e. The maximum absolute atomic E-state index is 12.9. The molecule has 4 heterocycles. The molecule has 2 aliphatic heterocycles. The van der Waals surface area contributed by atoms with Gasteiger partial charge in [0.25, 0.3) is 5.91 Å². The van der Waals surface area contributed by atoms with Crippen molar-refractivity contribution in [2.75, 3.05) is 19.6 Å². The summed E-state index contributed by atoms with van der Waals surface area (Å²) in [5.74, 6) is 0.343. The predicted octanol–water partition coefficient (Wildman–Crippen LogP) is 3.50. The molecule has 4 rings (SSSR count). The highest BCUT2D eigenvalue weighted by Crippen LogP contribution is 2.39. The van der Waals surface area contributed by atoms with E-state index in [2.05, 4.69) is 4.98 Å². The van der Waals surface area contributed by atoms with Gasteiger partial charge in [-0.3, -0.25) is 14.6 Å². The van der Waals surface area contributed by atoms with Gasteiger partial charge in [0, 0.05) is 60.7 Å².